The third-order valence-corrected chi connectivity index (χ3v) is 4.43. The summed E-state index contributed by atoms with van der Waals surface area (Å²) in [5, 5.41) is 1.43. The maximum absolute atomic E-state index is 3.32. The zero-order valence-corrected chi connectivity index (χ0v) is 7.15. The van der Waals surface area contributed by atoms with Gasteiger partial charge in [0, 0.05) is 5.31 Å². The van der Waals surface area contributed by atoms with Crippen LogP contribution < -0.4 is 0 Å². The predicted octanol–water partition coefficient (Wildman–Crippen LogP) is 3.11. The fourth-order valence-corrected chi connectivity index (χ4v) is 3.77. The lowest BCUT2D eigenvalue weighted by Gasteiger charge is -2.03. The van der Waals surface area contributed by atoms with Crippen molar-refractivity contribution in [1.82, 2.24) is 0 Å². The van der Waals surface area contributed by atoms with Gasteiger partial charge in [0.25, 0.3) is 0 Å². The van der Waals surface area contributed by atoms with Crippen molar-refractivity contribution in [2.75, 3.05) is 0 Å². The Morgan fingerprint density at radius 3 is 3.40 bits per heavy atom. The Hall–Kier alpha value is -0.530. The minimum Gasteiger partial charge on any atom is -0.0932 e. The van der Waals surface area contributed by atoms with Crippen molar-refractivity contribution >= 4 is 21.1 Å². The summed E-state index contributed by atoms with van der Waals surface area (Å²) in [5.74, 6) is 2.17. The molecule has 0 aromatic rings. The van der Waals surface area contributed by atoms with Crippen LogP contribution in [0.1, 0.15) is 0 Å². The molecule has 2 rings (SSSR count). The van der Waals surface area contributed by atoms with Crippen molar-refractivity contribution in [3.8, 4) is 5.63 Å². The van der Waals surface area contributed by atoms with Gasteiger partial charge in [-0.3, -0.25) is 0 Å². The molecule has 0 nitrogen and oxygen atoms in total. The highest BCUT2D eigenvalue weighted by Crippen LogP contribution is 2.36. The zero-order chi connectivity index (χ0) is 6.81. The summed E-state index contributed by atoms with van der Waals surface area (Å²) in [6, 6.07) is 0. The van der Waals surface area contributed by atoms with Crippen LogP contribution in [0.5, 0.6) is 0 Å². The first-order chi connectivity index (χ1) is 4.97. The maximum Gasteiger partial charge on any atom is 0.00581 e. The summed E-state index contributed by atoms with van der Waals surface area (Å²) in [4.78, 5) is 0. The normalized spacial score (nSPS) is 24.4. The molecule has 0 aromatic heterocycles. The third-order valence-electron chi connectivity index (χ3n) is 1.37. The molecule has 2 aliphatic rings. The van der Waals surface area contributed by atoms with Crippen molar-refractivity contribution in [3.05, 3.63) is 35.4 Å². The summed E-state index contributed by atoms with van der Waals surface area (Å²) in [7, 11) is 1.19. The van der Waals surface area contributed by atoms with Crippen LogP contribution in [0.2, 0.25) is 0 Å². The monoisotopic (exact) mass is 164 g/mol. The second-order valence-electron chi connectivity index (χ2n) is 2.03. The highest BCUT2D eigenvalue weighted by molar-refractivity contribution is 7.79. The molecule has 2 aliphatic heterocycles. The Morgan fingerprint density at radius 2 is 2.50 bits per heavy atom. The van der Waals surface area contributed by atoms with Gasteiger partial charge in [-0.05, 0) is 37.0 Å². The molecule has 0 radical (unpaired) electrons. The van der Waals surface area contributed by atoms with Crippen LogP contribution in [-0.2, 0) is 0 Å². The van der Waals surface area contributed by atoms with E-state index in [9.17, 15) is 0 Å². The number of allylic oxidation sites excluding steroid dienone is 5. The average Bonchev–Trinajstić information content (AvgIpc) is 2.05. The lowest BCUT2D eigenvalue weighted by Crippen LogP contribution is -1.75. The molecule has 0 amide bonds. The van der Waals surface area contributed by atoms with E-state index in [2.05, 4.69) is 35.2 Å². The van der Waals surface area contributed by atoms with Gasteiger partial charge in [-0.25, -0.2) is 0 Å². The molecule has 0 aromatic carbocycles. The highest BCUT2D eigenvalue weighted by atomic mass is 31.1. The molecule has 0 fully saturated rings. The number of hydrogen-bond donors (Lipinski definition) is 0. The number of fused-ring (bicyclic) bond motifs is 1. The predicted molar refractivity (Wildman–Crippen MR) is 50.2 cm³/mol. The third kappa shape index (κ3) is 1.02. The lowest BCUT2D eigenvalue weighted by molar-refractivity contribution is 1.86. The molecule has 0 saturated heterocycles. The van der Waals surface area contributed by atoms with Crippen LogP contribution in [0.4, 0.5) is 0 Å². The molecule has 0 aliphatic carbocycles. The Labute approximate surface area is 62.8 Å². The average molecular weight is 164 g/mol. The van der Waals surface area contributed by atoms with Gasteiger partial charge in [-0.1, -0.05) is 19.9 Å². The first-order valence-corrected chi connectivity index (χ1v) is 5.53. The summed E-state index contributed by atoms with van der Waals surface area (Å²) in [6.45, 7) is 0. The van der Waals surface area contributed by atoms with Crippen LogP contribution in [0.15, 0.2) is 35.4 Å². The molecule has 48 valence electrons. The van der Waals surface area contributed by atoms with Gasteiger partial charge in [0.1, 0.15) is 0 Å². The van der Waals surface area contributed by atoms with E-state index in [1.54, 1.807) is 0 Å². The van der Waals surface area contributed by atoms with E-state index >= 15 is 0 Å². The van der Waals surface area contributed by atoms with Crippen molar-refractivity contribution < 1.29 is 0 Å². The second-order valence-corrected chi connectivity index (χ2v) is 5.06. The summed E-state index contributed by atoms with van der Waals surface area (Å²) in [5.41, 5.74) is 5.63. The van der Waals surface area contributed by atoms with Crippen molar-refractivity contribution in [1.29, 1.82) is 0 Å². The lowest BCUT2D eigenvalue weighted by atomic mass is 10.4. The van der Waals surface area contributed by atoms with Crippen molar-refractivity contribution in [2.24, 2.45) is 0 Å². The largest absolute Gasteiger partial charge is 0.0932 e. The van der Waals surface area contributed by atoms with Gasteiger partial charge in [-0.2, -0.15) is 0 Å². The molecule has 10 heavy (non-hydrogen) atoms. The highest BCUT2D eigenvalue weighted by Gasteiger charge is 1.98. The maximum atomic E-state index is 3.32. The Morgan fingerprint density at radius 1 is 1.50 bits per heavy atom. The van der Waals surface area contributed by atoms with Gasteiger partial charge < -0.3 is 0 Å². The van der Waals surface area contributed by atoms with E-state index in [0.29, 0.717) is 0 Å². The Bertz CT molecular complexity index is 342. The fraction of sp³-hybridized carbons (Fsp3) is 0. The van der Waals surface area contributed by atoms with E-state index in [0.717, 1.165) is 0 Å². The standard InChI is InChI=1S/C8H6P2/c1-2-6-10-7-9-5-4-8(10)3-1/h1-5,7H. The minimum absolute atomic E-state index is 0.146. The smallest absolute Gasteiger partial charge is 0.00581 e. The molecule has 0 spiro atoms. The number of rotatable bonds is 0. The van der Waals surface area contributed by atoms with Crippen molar-refractivity contribution in [2.45, 2.75) is 0 Å². The first-order valence-electron chi connectivity index (χ1n) is 3.09. The van der Waals surface area contributed by atoms with E-state index in [-0.39, 0.29) is 7.38 Å². The molecule has 1 atom stereocenters. The van der Waals surface area contributed by atoms with Crippen LogP contribution >= 0.6 is 15.6 Å². The van der Waals surface area contributed by atoms with Crippen molar-refractivity contribution in [3.63, 3.8) is 0 Å². The molecule has 1 unspecified atom stereocenters. The second kappa shape index (κ2) is 2.60. The zero-order valence-electron chi connectivity index (χ0n) is 5.36. The summed E-state index contributed by atoms with van der Waals surface area (Å²) < 4.78 is 0. The molecule has 2 heterocycles. The van der Waals surface area contributed by atoms with Crippen LogP contribution in [0, 0.1) is 5.63 Å². The van der Waals surface area contributed by atoms with Crippen LogP contribution in [0.25, 0.3) is 0 Å². The molecular formula is C8H6P2. The number of hydrogen-bond acceptors (Lipinski definition) is 0. The van der Waals surface area contributed by atoms with Gasteiger partial charge in [0.2, 0.25) is 0 Å². The quantitative estimate of drug-likeness (QED) is 0.482. The summed E-state index contributed by atoms with van der Waals surface area (Å²) >= 11 is 0. The van der Waals surface area contributed by atoms with E-state index in [1.165, 1.54) is 13.5 Å². The summed E-state index contributed by atoms with van der Waals surface area (Å²) in [6.07, 6.45) is 8.43. The van der Waals surface area contributed by atoms with Gasteiger partial charge in [-0.15, -0.1) is 0 Å². The topological polar surface area (TPSA) is 0 Å². The Kier molecular flexibility index (Phi) is 1.61. The molecule has 0 bridgehead atoms. The van der Waals surface area contributed by atoms with Crippen LogP contribution in [0.3, 0.4) is 0 Å². The SMILES string of the molecule is C1#P2C=PC=CC2=CC=C1. The van der Waals surface area contributed by atoms with E-state index in [4.69, 9.17) is 0 Å². The molecule has 2 heteroatoms. The van der Waals surface area contributed by atoms with E-state index in [1.807, 2.05) is 6.08 Å². The van der Waals surface area contributed by atoms with Gasteiger partial charge in [0.15, 0.2) is 0 Å². The molecular weight excluding hydrogens is 158 g/mol. The van der Waals surface area contributed by atoms with E-state index < -0.39 is 0 Å². The minimum atomic E-state index is -0.146. The van der Waals surface area contributed by atoms with Gasteiger partial charge in [0.05, 0.1) is 0 Å². The fourth-order valence-electron chi connectivity index (χ4n) is 0.885. The molecule has 0 N–H and O–H groups in total. The van der Waals surface area contributed by atoms with Gasteiger partial charge >= 0.3 is 0 Å². The molecule has 0 saturated carbocycles. The Balaban J connectivity index is 2.59. The van der Waals surface area contributed by atoms with Crippen LogP contribution in [-0.4, -0.2) is 5.54 Å². The first kappa shape index (κ1) is 6.20.